The van der Waals surface area contributed by atoms with Gasteiger partial charge in [0.25, 0.3) is 0 Å². The summed E-state index contributed by atoms with van der Waals surface area (Å²) in [6.07, 6.45) is -2.50. The Hall–Kier alpha value is -1.89. The van der Waals surface area contributed by atoms with Gasteiger partial charge in [-0.3, -0.25) is 14.4 Å². The van der Waals surface area contributed by atoms with Crippen LogP contribution in [0.1, 0.15) is 34.1 Å². The Morgan fingerprint density at radius 1 is 0.862 bits per heavy atom. The topological polar surface area (TPSA) is 191 Å². The second-order valence-corrected chi connectivity index (χ2v) is 7.64. The van der Waals surface area contributed by atoms with Crippen LogP contribution in [0.4, 0.5) is 0 Å². The molecule has 11 nitrogen and oxygen atoms in total. The van der Waals surface area contributed by atoms with Crippen molar-refractivity contribution in [1.82, 2.24) is 16.0 Å². The standard InChI is InChI=1S/C17H32N4O7S/c1-7(2)5-11(15(25)21-13(9(4)23)17(27)28)19-16(26)12(8(3)22)20-14(24)10(18)6-29/h7-13,22-23,29H,5-6,18H2,1-4H3,(H,19,26)(H,20,24)(H,21,25)(H,27,28). The zero-order valence-corrected chi connectivity index (χ0v) is 17.8. The predicted octanol–water partition coefficient (Wildman–Crippen LogP) is -2.41. The fourth-order valence-electron chi connectivity index (χ4n) is 2.36. The summed E-state index contributed by atoms with van der Waals surface area (Å²) in [6.45, 7) is 6.06. The summed E-state index contributed by atoms with van der Waals surface area (Å²) in [4.78, 5) is 48.2. The highest BCUT2D eigenvalue weighted by molar-refractivity contribution is 7.80. The van der Waals surface area contributed by atoms with Gasteiger partial charge in [-0.05, 0) is 26.2 Å². The van der Waals surface area contributed by atoms with E-state index in [0.717, 1.165) is 0 Å². The summed E-state index contributed by atoms with van der Waals surface area (Å²) < 4.78 is 0. The molecule has 168 valence electrons. The van der Waals surface area contributed by atoms with E-state index in [1.165, 1.54) is 13.8 Å². The van der Waals surface area contributed by atoms with Gasteiger partial charge in [-0.25, -0.2) is 4.79 Å². The molecule has 6 unspecified atom stereocenters. The van der Waals surface area contributed by atoms with Gasteiger partial charge in [0.1, 0.15) is 12.1 Å². The lowest BCUT2D eigenvalue weighted by atomic mass is 10.0. The van der Waals surface area contributed by atoms with Gasteiger partial charge in [0, 0.05) is 5.75 Å². The molecule has 0 heterocycles. The van der Waals surface area contributed by atoms with Gasteiger partial charge in [-0.1, -0.05) is 13.8 Å². The molecular formula is C17H32N4O7S. The van der Waals surface area contributed by atoms with Gasteiger partial charge in [0.05, 0.1) is 18.2 Å². The molecule has 12 heteroatoms. The average Bonchev–Trinajstić information content (AvgIpc) is 2.60. The van der Waals surface area contributed by atoms with Crippen LogP contribution in [0.3, 0.4) is 0 Å². The average molecular weight is 437 g/mol. The van der Waals surface area contributed by atoms with E-state index in [2.05, 4.69) is 28.6 Å². The van der Waals surface area contributed by atoms with E-state index >= 15 is 0 Å². The first-order valence-corrected chi connectivity index (χ1v) is 9.81. The lowest BCUT2D eigenvalue weighted by Gasteiger charge is -2.27. The number of amides is 3. The van der Waals surface area contributed by atoms with Crippen LogP contribution in [-0.2, 0) is 19.2 Å². The van der Waals surface area contributed by atoms with Crippen molar-refractivity contribution in [3.8, 4) is 0 Å². The molecule has 8 N–H and O–H groups in total. The van der Waals surface area contributed by atoms with Gasteiger partial charge in [-0.15, -0.1) is 0 Å². The van der Waals surface area contributed by atoms with Crippen molar-refractivity contribution in [3.05, 3.63) is 0 Å². The maximum absolute atomic E-state index is 12.6. The number of thiol groups is 1. The fraction of sp³-hybridized carbons (Fsp3) is 0.765. The van der Waals surface area contributed by atoms with Crippen molar-refractivity contribution >= 4 is 36.3 Å². The quantitative estimate of drug-likeness (QED) is 0.155. The molecule has 0 radical (unpaired) electrons. The molecular weight excluding hydrogens is 404 g/mol. The summed E-state index contributed by atoms with van der Waals surface area (Å²) in [6, 6.07) is -5.10. The minimum Gasteiger partial charge on any atom is -0.480 e. The fourth-order valence-corrected chi connectivity index (χ4v) is 2.52. The Balaban J connectivity index is 5.40. The highest BCUT2D eigenvalue weighted by Crippen LogP contribution is 2.07. The number of nitrogens with two attached hydrogens (primary N) is 1. The van der Waals surface area contributed by atoms with Crippen molar-refractivity contribution in [1.29, 1.82) is 0 Å². The highest BCUT2D eigenvalue weighted by Gasteiger charge is 2.33. The second kappa shape index (κ2) is 12.6. The third-order valence-corrected chi connectivity index (χ3v) is 4.38. The van der Waals surface area contributed by atoms with Gasteiger partial charge in [0.2, 0.25) is 17.7 Å². The lowest BCUT2D eigenvalue weighted by molar-refractivity contribution is -0.145. The minimum atomic E-state index is -1.56. The number of aliphatic hydroxyl groups excluding tert-OH is 2. The molecule has 0 fully saturated rings. The first-order valence-electron chi connectivity index (χ1n) is 9.18. The van der Waals surface area contributed by atoms with E-state index in [9.17, 15) is 29.4 Å². The van der Waals surface area contributed by atoms with Gasteiger partial charge >= 0.3 is 5.97 Å². The van der Waals surface area contributed by atoms with Crippen molar-refractivity contribution < 1.29 is 34.5 Å². The molecule has 0 saturated heterocycles. The molecule has 0 spiro atoms. The van der Waals surface area contributed by atoms with Crippen LogP contribution < -0.4 is 21.7 Å². The number of nitrogens with one attached hydrogen (secondary N) is 3. The van der Waals surface area contributed by atoms with E-state index in [1.54, 1.807) is 13.8 Å². The number of hydrogen-bond donors (Lipinski definition) is 8. The maximum Gasteiger partial charge on any atom is 0.328 e. The number of carboxylic acid groups (broad SMARTS) is 1. The summed E-state index contributed by atoms with van der Waals surface area (Å²) in [5.41, 5.74) is 5.55. The number of aliphatic carboxylic acids is 1. The molecule has 0 aromatic carbocycles. The summed E-state index contributed by atoms with van der Waals surface area (Å²) in [5, 5.41) is 35.4. The van der Waals surface area contributed by atoms with Crippen LogP contribution in [0.25, 0.3) is 0 Å². The zero-order chi connectivity index (χ0) is 22.9. The molecule has 0 rings (SSSR count). The number of carbonyl (C=O) groups is 4. The summed E-state index contributed by atoms with van der Waals surface area (Å²) in [7, 11) is 0. The number of rotatable bonds is 12. The molecule has 0 bridgehead atoms. The van der Waals surface area contributed by atoms with E-state index in [0.29, 0.717) is 0 Å². The largest absolute Gasteiger partial charge is 0.480 e. The molecule has 3 amide bonds. The normalized spacial score (nSPS) is 17.4. The Morgan fingerprint density at radius 3 is 1.72 bits per heavy atom. The smallest absolute Gasteiger partial charge is 0.328 e. The minimum absolute atomic E-state index is 0.0221. The lowest BCUT2D eigenvalue weighted by Crippen LogP contribution is -2.60. The molecule has 0 aliphatic heterocycles. The first kappa shape index (κ1) is 27.1. The molecule has 0 aromatic heterocycles. The van der Waals surface area contributed by atoms with Crippen molar-refractivity contribution in [3.63, 3.8) is 0 Å². The van der Waals surface area contributed by atoms with Crippen LogP contribution in [0.15, 0.2) is 0 Å². The molecule has 0 aliphatic rings. The molecule has 0 saturated carbocycles. The van der Waals surface area contributed by atoms with Gasteiger partial charge in [0.15, 0.2) is 6.04 Å². The maximum atomic E-state index is 12.6. The zero-order valence-electron chi connectivity index (χ0n) is 17.0. The van der Waals surface area contributed by atoms with Crippen LogP contribution in [0.5, 0.6) is 0 Å². The highest BCUT2D eigenvalue weighted by atomic mass is 32.1. The third kappa shape index (κ3) is 9.43. The van der Waals surface area contributed by atoms with Crippen LogP contribution in [-0.4, -0.2) is 81.1 Å². The first-order chi connectivity index (χ1) is 13.3. The SMILES string of the molecule is CC(C)CC(NC(=O)C(NC(=O)C(N)CS)C(C)O)C(=O)NC(C(=O)O)C(C)O. The molecule has 6 atom stereocenters. The number of carboxylic acids is 1. The van der Waals surface area contributed by atoms with Gasteiger partial charge < -0.3 is 37.0 Å². The van der Waals surface area contributed by atoms with E-state index in [1.807, 2.05) is 0 Å². The third-order valence-electron chi connectivity index (χ3n) is 3.98. The van der Waals surface area contributed by atoms with E-state index in [-0.39, 0.29) is 18.1 Å². The summed E-state index contributed by atoms with van der Waals surface area (Å²) >= 11 is 3.90. The van der Waals surface area contributed by atoms with E-state index in [4.69, 9.17) is 10.8 Å². The Kier molecular flexibility index (Phi) is 11.8. The van der Waals surface area contributed by atoms with Crippen molar-refractivity contribution in [2.75, 3.05) is 5.75 Å². The van der Waals surface area contributed by atoms with Crippen molar-refractivity contribution in [2.24, 2.45) is 11.7 Å². The Labute approximate surface area is 175 Å². The number of hydrogen-bond acceptors (Lipinski definition) is 8. The Bertz CT molecular complexity index is 586. The van der Waals surface area contributed by atoms with Crippen molar-refractivity contribution in [2.45, 2.75) is 70.5 Å². The van der Waals surface area contributed by atoms with Crippen LogP contribution in [0.2, 0.25) is 0 Å². The van der Waals surface area contributed by atoms with Gasteiger partial charge in [-0.2, -0.15) is 12.6 Å². The molecule has 29 heavy (non-hydrogen) atoms. The molecule has 0 aliphatic carbocycles. The number of aliphatic hydroxyl groups is 2. The molecule has 0 aromatic rings. The number of carbonyl (C=O) groups excluding carboxylic acids is 3. The summed E-state index contributed by atoms with van der Waals surface area (Å²) in [5.74, 6) is -3.83. The Morgan fingerprint density at radius 2 is 1.34 bits per heavy atom. The predicted molar refractivity (Wildman–Crippen MR) is 108 cm³/mol. The van der Waals surface area contributed by atoms with Crippen LogP contribution >= 0.6 is 12.6 Å². The van der Waals surface area contributed by atoms with E-state index < -0.39 is 60.1 Å². The van der Waals surface area contributed by atoms with Crippen LogP contribution in [0, 0.1) is 5.92 Å². The second-order valence-electron chi connectivity index (χ2n) is 7.27. The monoisotopic (exact) mass is 436 g/mol.